The molecule has 0 saturated heterocycles. The zero-order chi connectivity index (χ0) is 8.69. The first-order chi connectivity index (χ1) is 5.26. The molecule has 62 valence electrons. The number of aliphatic hydroxyl groups is 1. The van der Waals surface area contributed by atoms with Crippen molar-refractivity contribution in [2.45, 2.75) is 0 Å². The van der Waals surface area contributed by atoms with E-state index in [1.165, 1.54) is 0 Å². The minimum atomic E-state index is -0.0998. The summed E-state index contributed by atoms with van der Waals surface area (Å²) < 4.78 is 0. The SMILES string of the molecule is N/C=C(/C=O)C(N)=NCCO. The highest BCUT2D eigenvalue weighted by molar-refractivity contribution is 6.12. The zero-order valence-corrected chi connectivity index (χ0v) is 6.03. The molecule has 0 saturated carbocycles. The standard InChI is InChI=1S/C6H11N3O2/c7-3-5(4-11)6(8)9-1-2-10/h3-4,10H,1-2,7H2,(H2,8,9)/b5-3-. The van der Waals surface area contributed by atoms with E-state index in [2.05, 4.69) is 4.99 Å². The second kappa shape index (κ2) is 5.43. The van der Waals surface area contributed by atoms with Crippen LogP contribution in [-0.4, -0.2) is 30.4 Å². The second-order valence-corrected chi connectivity index (χ2v) is 1.73. The van der Waals surface area contributed by atoms with Crippen LogP contribution in [0.25, 0.3) is 0 Å². The van der Waals surface area contributed by atoms with Crippen molar-refractivity contribution in [1.29, 1.82) is 0 Å². The molecule has 0 radical (unpaired) electrons. The van der Waals surface area contributed by atoms with E-state index in [0.717, 1.165) is 6.20 Å². The molecule has 5 heteroatoms. The highest BCUT2D eigenvalue weighted by Crippen LogP contribution is 1.86. The minimum absolute atomic E-state index is 0.0524. The Bertz CT molecular complexity index is 186. The van der Waals surface area contributed by atoms with Gasteiger partial charge in [0, 0.05) is 6.20 Å². The van der Waals surface area contributed by atoms with Crippen molar-refractivity contribution in [3.63, 3.8) is 0 Å². The molecule has 0 amide bonds. The number of aliphatic hydroxyl groups excluding tert-OH is 1. The van der Waals surface area contributed by atoms with Gasteiger partial charge in [-0.3, -0.25) is 9.79 Å². The van der Waals surface area contributed by atoms with Crippen LogP contribution in [0.3, 0.4) is 0 Å². The molecule has 0 atom stereocenters. The van der Waals surface area contributed by atoms with Gasteiger partial charge in [0.25, 0.3) is 0 Å². The molecular formula is C6H11N3O2. The fourth-order valence-electron chi connectivity index (χ4n) is 0.447. The van der Waals surface area contributed by atoms with Gasteiger partial charge in [0.15, 0.2) is 6.29 Å². The van der Waals surface area contributed by atoms with Crippen LogP contribution < -0.4 is 11.5 Å². The molecule has 0 rings (SSSR count). The summed E-state index contributed by atoms with van der Waals surface area (Å²) in [4.78, 5) is 13.8. The van der Waals surface area contributed by atoms with Crippen LogP contribution >= 0.6 is 0 Å². The zero-order valence-electron chi connectivity index (χ0n) is 6.03. The molecule has 0 fully saturated rings. The fourth-order valence-corrected chi connectivity index (χ4v) is 0.447. The van der Waals surface area contributed by atoms with Gasteiger partial charge in [-0.2, -0.15) is 0 Å². The number of carbonyl (C=O) groups is 1. The first kappa shape index (κ1) is 9.64. The van der Waals surface area contributed by atoms with Crippen LogP contribution in [0.1, 0.15) is 0 Å². The van der Waals surface area contributed by atoms with Crippen LogP contribution in [0.5, 0.6) is 0 Å². The lowest BCUT2D eigenvalue weighted by atomic mass is 10.3. The third kappa shape index (κ3) is 3.36. The van der Waals surface area contributed by atoms with Crippen molar-refractivity contribution in [2.24, 2.45) is 16.5 Å². The average Bonchev–Trinajstić information content (AvgIpc) is 2.03. The summed E-state index contributed by atoms with van der Waals surface area (Å²) in [5.41, 5.74) is 10.5. The maximum Gasteiger partial charge on any atom is 0.155 e. The summed E-state index contributed by atoms with van der Waals surface area (Å²) >= 11 is 0. The number of aliphatic imine (C=N–C) groups is 1. The number of hydrogen-bond donors (Lipinski definition) is 3. The van der Waals surface area contributed by atoms with Crippen molar-refractivity contribution in [3.05, 3.63) is 11.8 Å². The maximum atomic E-state index is 10.2. The molecule has 0 aromatic heterocycles. The number of hydrogen-bond acceptors (Lipinski definition) is 4. The molecule has 0 aromatic carbocycles. The Balaban J connectivity index is 4.20. The Labute approximate surface area is 64.4 Å². The van der Waals surface area contributed by atoms with Crippen molar-refractivity contribution in [1.82, 2.24) is 0 Å². The van der Waals surface area contributed by atoms with Gasteiger partial charge in [-0.05, 0) is 0 Å². The quantitative estimate of drug-likeness (QED) is 0.197. The first-order valence-electron chi connectivity index (χ1n) is 3.04. The molecule has 0 aromatic rings. The lowest BCUT2D eigenvalue weighted by molar-refractivity contribution is -0.104. The van der Waals surface area contributed by atoms with E-state index in [1.54, 1.807) is 0 Å². The molecule has 0 spiro atoms. The number of aldehydes is 1. The van der Waals surface area contributed by atoms with E-state index in [-0.39, 0.29) is 24.6 Å². The van der Waals surface area contributed by atoms with E-state index >= 15 is 0 Å². The largest absolute Gasteiger partial charge is 0.404 e. The number of carbonyl (C=O) groups excluding carboxylic acids is 1. The van der Waals surface area contributed by atoms with E-state index in [0.29, 0.717) is 6.29 Å². The maximum absolute atomic E-state index is 10.2. The molecule has 0 aliphatic carbocycles. The molecule has 11 heavy (non-hydrogen) atoms. The summed E-state index contributed by atoms with van der Waals surface area (Å²) in [6.07, 6.45) is 1.58. The molecule has 0 unspecified atom stereocenters. The summed E-state index contributed by atoms with van der Waals surface area (Å²) in [5.74, 6) is 0.0524. The molecule has 0 bridgehead atoms. The lowest BCUT2D eigenvalue weighted by Gasteiger charge is -1.96. The van der Waals surface area contributed by atoms with Crippen LogP contribution in [-0.2, 0) is 4.79 Å². The summed E-state index contributed by atoms with van der Waals surface area (Å²) in [6.45, 7) is 0.0778. The van der Waals surface area contributed by atoms with Crippen LogP contribution in [0.15, 0.2) is 16.8 Å². The van der Waals surface area contributed by atoms with Gasteiger partial charge in [-0.15, -0.1) is 0 Å². The third-order valence-electron chi connectivity index (χ3n) is 0.984. The highest BCUT2D eigenvalue weighted by Gasteiger charge is 1.97. The number of amidine groups is 1. The Morgan fingerprint density at radius 1 is 1.64 bits per heavy atom. The second-order valence-electron chi connectivity index (χ2n) is 1.73. The molecule has 5 nitrogen and oxygen atoms in total. The predicted octanol–water partition coefficient (Wildman–Crippen LogP) is -1.62. The van der Waals surface area contributed by atoms with Gasteiger partial charge < -0.3 is 16.6 Å². The highest BCUT2D eigenvalue weighted by atomic mass is 16.3. The Hall–Kier alpha value is -1.36. The smallest absolute Gasteiger partial charge is 0.155 e. The average molecular weight is 157 g/mol. The minimum Gasteiger partial charge on any atom is -0.404 e. The lowest BCUT2D eigenvalue weighted by Crippen LogP contribution is -2.18. The van der Waals surface area contributed by atoms with Gasteiger partial charge >= 0.3 is 0 Å². The summed E-state index contributed by atoms with van der Waals surface area (Å²) in [6, 6.07) is 0. The van der Waals surface area contributed by atoms with Crippen molar-refractivity contribution < 1.29 is 9.90 Å². The van der Waals surface area contributed by atoms with Gasteiger partial charge in [0.2, 0.25) is 0 Å². The molecule has 0 aliphatic heterocycles. The number of nitrogens with zero attached hydrogens (tertiary/aromatic N) is 1. The van der Waals surface area contributed by atoms with Gasteiger partial charge in [-0.25, -0.2) is 0 Å². The van der Waals surface area contributed by atoms with Crippen molar-refractivity contribution in [3.8, 4) is 0 Å². The molecule has 0 aliphatic rings. The van der Waals surface area contributed by atoms with Crippen molar-refractivity contribution >= 4 is 12.1 Å². The Morgan fingerprint density at radius 2 is 2.27 bits per heavy atom. The van der Waals surface area contributed by atoms with Crippen LogP contribution in [0.2, 0.25) is 0 Å². The van der Waals surface area contributed by atoms with E-state index in [4.69, 9.17) is 16.6 Å². The number of nitrogens with two attached hydrogens (primary N) is 2. The Kier molecular flexibility index (Phi) is 4.76. The molecular weight excluding hydrogens is 146 g/mol. The normalized spacial score (nSPS) is 13.2. The monoisotopic (exact) mass is 157 g/mol. The fraction of sp³-hybridized carbons (Fsp3) is 0.333. The van der Waals surface area contributed by atoms with Gasteiger partial charge in [0.05, 0.1) is 18.7 Å². The van der Waals surface area contributed by atoms with Crippen molar-refractivity contribution in [2.75, 3.05) is 13.2 Å². The van der Waals surface area contributed by atoms with E-state index in [9.17, 15) is 4.79 Å². The van der Waals surface area contributed by atoms with Crippen LogP contribution in [0, 0.1) is 0 Å². The molecule has 5 N–H and O–H groups in total. The number of rotatable bonds is 4. The topological polar surface area (TPSA) is 102 Å². The summed E-state index contributed by atoms with van der Waals surface area (Å²) in [5, 5.41) is 8.34. The van der Waals surface area contributed by atoms with Crippen LogP contribution in [0.4, 0.5) is 0 Å². The Morgan fingerprint density at radius 3 is 2.64 bits per heavy atom. The van der Waals surface area contributed by atoms with Gasteiger partial charge in [-0.1, -0.05) is 0 Å². The third-order valence-corrected chi connectivity index (χ3v) is 0.984. The summed E-state index contributed by atoms with van der Waals surface area (Å²) in [7, 11) is 0. The first-order valence-corrected chi connectivity index (χ1v) is 3.04. The molecule has 0 heterocycles. The van der Waals surface area contributed by atoms with E-state index < -0.39 is 0 Å². The van der Waals surface area contributed by atoms with E-state index in [1.807, 2.05) is 0 Å². The van der Waals surface area contributed by atoms with Gasteiger partial charge in [0.1, 0.15) is 5.84 Å². The predicted molar refractivity (Wildman–Crippen MR) is 41.9 cm³/mol.